The molecule has 0 aliphatic rings. The van der Waals surface area contributed by atoms with Gasteiger partial charge in [0.25, 0.3) is 0 Å². The van der Waals surface area contributed by atoms with Crippen molar-refractivity contribution in [3.63, 3.8) is 0 Å². The fourth-order valence-corrected chi connectivity index (χ4v) is 1.80. The lowest BCUT2D eigenvalue weighted by molar-refractivity contribution is -0.140. The van der Waals surface area contributed by atoms with E-state index in [9.17, 15) is 9.90 Å². The van der Waals surface area contributed by atoms with E-state index in [1.165, 1.54) is 30.5 Å². The summed E-state index contributed by atoms with van der Waals surface area (Å²) in [6.07, 6.45) is 2.35. The van der Waals surface area contributed by atoms with E-state index in [1.807, 2.05) is 0 Å². The minimum Gasteiger partial charge on any atom is -0.513 e. The fourth-order valence-electron chi connectivity index (χ4n) is 1.14. The zero-order chi connectivity index (χ0) is 15.5. The van der Waals surface area contributed by atoms with Gasteiger partial charge in [-0.05, 0) is 19.7 Å². The van der Waals surface area contributed by atoms with E-state index in [1.54, 1.807) is 5.38 Å². The van der Waals surface area contributed by atoms with Crippen molar-refractivity contribution >= 4 is 24.0 Å². The maximum absolute atomic E-state index is 11.5. The zero-order valence-corrected chi connectivity index (χ0v) is 12.0. The SMILES string of the molecule is C=C(C(=O)OCC/C=C(/C)O)C(O)c1nccs1.C=N. The molecule has 110 valence electrons. The van der Waals surface area contributed by atoms with Crippen LogP contribution in [0.1, 0.15) is 24.5 Å². The second-order valence-electron chi connectivity index (χ2n) is 3.57. The third kappa shape index (κ3) is 6.26. The lowest BCUT2D eigenvalue weighted by Gasteiger charge is -2.10. The first-order valence-corrected chi connectivity index (χ1v) is 6.54. The van der Waals surface area contributed by atoms with E-state index >= 15 is 0 Å². The molecule has 6 nitrogen and oxygen atoms in total. The highest BCUT2D eigenvalue weighted by atomic mass is 32.1. The lowest BCUT2D eigenvalue weighted by atomic mass is 10.2. The van der Waals surface area contributed by atoms with Crippen molar-refractivity contribution in [2.45, 2.75) is 19.4 Å². The van der Waals surface area contributed by atoms with Gasteiger partial charge in [-0.1, -0.05) is 6.58 Å². The average molecular weight is 298 g/mol. The van der Waals surface area contributed by atoms with Gasteiger partial charge in [0, 0.05) is 18.0 Å². The number of rotatable bonds is 6. The third-order valence-electron chi connectivity index (χ3n) is 2.07. The molecule has 1 rings (SSSR count). The number of carbonyl (C=O) groups is 1. The number of aromatic nitrogens is 1. The van der Waals surface area contributed by atoms with E-state index in [-0.39, 0.29) is 17.9 Å². The molecule has 0 saturated carbocycles. The second kappa shape index (κ2) is 9.88. The lowest BCUT2D eigenvalue weighted by Crippen LogP contribution is -2.14. The number of ether oxygens (including phenoxy) is 1. The molecular weight excluding hydrogens is 280 g/mol. The molecule has 0 amide bonds. The van der Waals surface area contributed by atoms with Crippen LogP contribution < -0.4 is 0 Å². The first kappa shape index (κ1) is 18.0. The van der Waals surface area contributed by atoms with Crippen LogP contribution in [0.3, 0.4) is 0 Å². The molecule has 3 N–H and O–H groups in total. The van der Waals surface area contributed by atoms with Gasteiger partial charge in [-0.3, -0.25) is 0 Å². The largest absolute Gasteiger partial charge is 0.513 e. The predicted molar refractivity (Wildman–Crippen MR) is 78.0 cm³/mol. The van der Waals surface area contributed by atoms with Crippen LogP contribution in [-0.2, 0) is 9.53 Å². The number of hydrogen-bond donors (Lipinski definition) is 3. The Kier molecular flexibility index (Phi) is 8.89. The summed E-state index contributed by atoms with van der Waals surface area (Å²) in [6, 6.07) is 0. The maximum atomic E-state index is 11.5. The highest BCUT2D eigenvalue weighted by Gasteiger charge is 2.21. The molecule has 1 atom stereocenters. The summed E-state index contributed by atoms with van der Waals surface area (Å²) in [6.45, 7) is 7.66. The number of hydrogen-bond acceptors (Lipinski definition) is 7. The summed E-state index contributed by atoms with van der Waals surface area (Å²) in [5, 5.41) is 26.3. The van der Waals surface area contributed by atoms with Crippen molar-refractivity contribution in [3.8, 4) is 0 Å². The molecule has 0 aliphatic carbocycles. The molecule has 1 aromatic rings. The van der Waals surface area contributed by atoms with Crippen molar-refractivity contribution in [1.82, 2.24) is 4.98 Å². The first-order valence-electron chi connectivity index (χ1n) is 5.67. The van der Waals surface area contributed by atoms with Crippen LogP contribution in [0, 0.1) is 5.41 Å². The molecule has 1 heterocycles. The van der Waals surface area contributed by atoms with Crippen molar-refractivity contribution in [3.05, 3.63) is 40.6 Å². The van der Waals surface area contributed by atoms with Crippen LogP contribution in [0.25, 0.3) is 0 Å². The molecule has 0 aliphatic heterocycles. The fraction of sp³-hybridized carbons (Fsp3) is 0.308. The van der Waals surface area contributed by atoms with Gasteiger partial charge in [0.2, 0.25) is 0 Å². The van der Waals surface area contributed by atoms with Crippen LogP contribution in [-0.4, -0.2) is 34.5 Å². The number of aliphatic hydroxyl groups is 2. The minimum atomic E-state index is -1.13. The topological polar surface area (TPSA) is 104 Å². The summed E-state index contributed by atoms with van der Waals surface area (Å²) >= 11 is 1.24. The molecule has 0 aromatic carbocycles. The van der Waals surface area contributed by atoms with E-state index in [4.69, 9.17) is 15.3 Å². The van der Waals surface area contributed by atoms with Gasteiger partial charge in [-0.15, -0.1) is 11.3 Å². The number of nitrogens with one attached hydrogen (secondary N) is 1. The Morgan fingerprint density at radius 1 is 1.65 bits per heavy atom. The molecule has 0 fully saturated rings. The Balaban J connectivity index is 0.00000172. The summed E-state index contributed by atoms with van der Waals surface area (Å²) in [5.41, 5.74) is -0.0466. The van der Waals surface area contributed by atoms with Crippen LogP contribution in [0.15, 0.2) is 35.6 Å². The Morgan fingerprint density at radius 2 is 2.30 bits per heavy atom. The van der Waals surface area contributed by atoms with Crippen LogP contribution in [0.2, 0.25) is 0 Å². The van der Waals surface area contributed by atoms with Gasteiger partial charge in [-0.25, -0.2) is 9.78 Å². The molecule has 7 heteroatoms. The Bertz CT molecular complexity index is 453. The number of carbonyl (C=O) groups excluding carboxylic acids is 1. The number of aliphatic hydroxyl groups excluding tert-OH is 2. The normalized spacial score (nSPS) is 12.0. The monoisotopic (exact) mass is 298 g/mol. The first-order chi connectivity index (χ1) is 9.52. The summed E-state index contributed by atoms with van der Waals surface area (Å²) < 4.78 is 4.90. The molecule has 20 heavy (non-hydrogen) atoms. The van der Waals surface area contributed by atoms with Crippen molar-refractivity contribution < 1.29 is 19.7 Å². The van der Waals surface area contributed by atoms with E-state index < -0.39 is 12.1 Å². The third-order valence-corrected chi connectivity index (χ3v) is 2.90. The summed E-state index contributed by atoms with van der Waals surface area (Å²) in [7, 11) is 0. The Labute approximate surface area is 121 Å². The molecule has 0 saturated heterocycles. The number of thiazole rings is 1. The highest BCUT2D eigenvalue weighted by molar-refractivity contribution is 7.09. The van der Waals surface area contributed by atoms with Gasteiger partial charge in [0.05, 0.1) is 17.9 Å². The smallest absolute Gasteiger partial charge is 0.336 e. The van der Waals surface area contributed by atoms with Crippen molar-refractivity contribution in [1.29, 1.82) is 5.41 Å². The van der Waals surface area contributed by atoms with Crippen LogP contribution in [0.5, 0.6) is 0 Å². The molecule has 1 aromatic heterocycles. The molecule has 0 spiro atoms. The second-order valence-corrected chi connectivity index (χ2v) is 4.49. The number of allylic oxidation sites excluding steroid dienone is 1. The van der Waals surface area contributed by atoms with E-state index in [2.05, 4.69) is 18.3 Å². The van der Waals surface area contributed by atoms with Crippen LogP contribution >= 0.6 is 11.3 Å². The summed E-state index contributed by atoms with van der Waals surface area (Å²) in [4.78, 5) is 15.4. The standard InChI is InChI=1S/C12H15NO4S.CH3N/c1-8(14)4-3-6-17-12(16)9(2)10(15)11-13-5-7-18-11;1-2/h4-5,7,10,14-15H,2-3,6H2,1H3;2H,1H2/b8-4-;. The molecule has 1 unspecified atom stereocenters. The highest BCUT2D eigenvalue weighted by Crippen LogP contribution is 2.22. The van der Waals surface area contributed by atoms with Gasteiger partial charge >= 0.3 is 5.97 Å². The van der Waals surface area contributed by atoms with Gasteiger partial charge < -0.3 is 20.4 Å². The maximum Gasteiger partial charge on any atom is 0.336 e. The Hall–Kier alpha value is -1.99. The quantitative estimate of drug-likeness (QED) is 0.246. The van der Waals surface area contributed by atoms with Gasteiger partial charge in [-0.2, -0.15) is 0 Å². The van der Waals surface area contributed by atoms with E-state index in [0.717, 1.165) is 0 Å². The van der Waals surface area contributed by atoms with Crippen LogP contribution in [0.4, 0.5) is 0 Å². The molecule has 0 radical (unpaired) electrons. The minimum absolute atomic E-state index is 0.0466. The summed E-state index contributed by atoms with van der Waals surface area (Å²) in [5.74, 6) is -0.491. The van der Waals surface area contributed by atoms with Crippen molar-refractivity contribution in [2.75, 3.05) is 6.61 Å². The van der Waals surface area contributed by atoms with Crippen molar-refractivity contribution in [2.24, 2.45) is 0 Å². The molecular formula is C13H18N2O4S. The van der Waals surface area contributed by atoms with Gasteiger partial charge in [0.1, 0.15) is 11.1 Å². The zero-order valence-electron chi connectivity index (χ0n) is 11.2. The predicted octanol–water partition coefficient (Wildman–Crippen LogP) is 2.39. The number of nitrogens with zero attached hydrogens (tertiary/aromatic N) is 1. The average Bonchev–Trinajstić information content (AvgIpc) is 2.97. The van der Waals surface area contributed by atoms with Gasteiger partial charge in [0.15, 0.2) is 0 Å². The molecule has 0 bridgehead atoms. The Morgan fingerprint density at radius 3 is 2.80 bits per heavy atom. The van der Waals surface area contributed by atoms with E-state index in [0.29, 0.717) is 11.4 Å². The number of esters is 1.